The van der Waals surface area contributed by atoms with Gasteiger partial charge in [0.05, 0.1) is 24.3 Å². The second-order valence-corrected chi connectivity index (χ2v) is 5.51. The SMILES string of the molecule is CCOC(=O)c1cccc(C(=O)NNC(=O)c2cccc(C(=O)OCC)c2)c1. The first-order valence-corrected chi connectivity index (χ1v) is 8.61. The van der Waals surface area contributed by atoms with Crippen LogP contribution in [0.5, 0.6) is 0 Å². The summed E-state index contributed by atoms with van der Waals surface area (Å²) in [6, 6.07) is 11.8. The zero-order valence-corrected chi connectivity index (χ0v) is 15.5. The lowest BCUT2D eigenvalue weighted by molar-refractivity contribution is 0.0516. The first-order valence-electron chi connectivity index (χ1n) is 8.61. The molecule has 0 saturated heterocycles. The molecule has 0 heterocycles. The zero-order valence-electron chi connectivity index (χ0n) is 15.5. The van der Waals surface area contributed by atoms with E-state index in [2.05, 4.69) is 10.9 Å². The van der Waals surface area contributed by atoms with Crippen molar-refractivity contribution in [3.63, 3.8) is 0 Å². The van der Waals surface area contributed by atoms with Crippen molar-refractivity contribution >= 4 is 23.8 Å². The van der Waals surface area contributed by atoms with Gasteiger partial charge in [-0.15, -0.1) is 0 Å². The molecule has 0 spiro atoms. The fraction of sp³-hybridized carbons (Fsp3) is 0.200. The summed E-state index contributed by atoms with van der Waals surface area (Å²) < 4.78 is 9.78. The fourth-order valence-corrected chi connectivity index (χ4v) is 2.26. The predicted molar refractivity (Wildman–Crippen MR) is 99.7 cm³/mol. The Morgan fingerprint density at radius 2 is 1.04 bits per heavy atom. The Bertz CT molecular complexity index is 820. The normalized spacial score (nSPS) is 9.93. The van der Waals surface area contributed by atoms with E-state index in [1.54, 1.807) is 13.8 Å². The molecule has 0 unspecified atom stereocenters. The molecule has 28 heavy (non-hydrogen) atoms. The van der Waals surface area contributed by atoms with E-state index in [9.17, 15) is 19.2 Å². The van der Waals surface area contributed by atoms with Gasteiger partial charge in [0.15, 0.2) is 0 Å². The number of nitrogens with one attached hydrogen (secondary N) is 2. The molecule has 0 aliphatic carbocycles. The van der Waals surface area contributed by atoms with Crippen molar-refractivity contribution < 1.29 is 28.7 Å². The van der Waals surface area contributed by atoms with Crippen molar-refractivity contribution in [1.82, 2.24) is 10.9 Å². The Balaban J connectivity index is 2.02. The van der Waals surface area contributed by atoms with E-state index in [-0.39, 0.29) is 35.5 Å². The monoisotopic (exact) mass is 384 g/mol. The van der Waals surface area contributed by atoms with Gasteiger partial charge in [0, 0.05) is 11.1 Å². The summed E-state index contributed by atoms with van der Waals surface area (Å²) in [7, 11) is 0. The molecular weight excluding hydrogens is 364 g/mol. The van der Waals surface area contributed by atoms with Crippen LogP contribution in [0.15, 0.2) is 48.5 Å². The smallest absolute Gasteiger partial charge is 0.338 e. The van der Waals surface area contributed by atoms with Gasteiger partial charge < -0.3 is 9.47 Å². The number of amides is 2. The molecule has 146 valence electrons. The largest absolute Gasteiger partial charge is 0.462 e. The summed E-state index contributed by atoms with van der Waals surface area (Å²) >= 11 is 0. The van der Waals surface area contributed by atoms with Gasteiger partial charge in [-0.2, -0.15) is 0 Å². The number of hydrazine groups is 1. The number of rotatable bonds is 6. The molecule has 2 N–H and O–H groups in total. The van der Waals surface area contributed by atoms with E-state index in [0.29, 0.717) is 0 Å². The second kappa shape index (κ2) is 9.86. The minimum Gasteiger partial charge on any atom is -0.462 e. The summed E-state index contributed by atoms with van der Waals surface area (Å²) in [5.74, 6) is -2.31. The van der Waals surface area contributed by atoms with Crippen LogP contribution in [0, 0.1) is 0 Å². The standard InChI is InChI=1S/C20H20N2O6/c1-3-27-19(25)15-9-5-7-13(11-15)17(23)21-22-18(24)14-8-6-10-16(12-14)20(26)28-4-2/h5-12H,3-4H2,1-2H3,(H,21,23)(H,22,24). The van der Waals surface area contributed by atoms with Crippen LogP contribution in [0.4, 0.5) is 0 Å². The van der Waals surface area contributed by atoms with E-state index in [1.807, 2.05) is 0 Å². The molecule has 0 saturated carbocycles. The summed E-state index contributed by atoms with van der Waals surface area (Å²) in [4.78, 5) is 47.9. The third kappa shape index (κ3) is 5.41. The van der Waals surface area contributed by atoms with Gasteiger partial charge in [-0.1, -0.05) is 12.1 Å². The van der Waals surface area contributed by atoms with Crippen molar-refractivity contribution in [2.24, 2.45) is 0 Å². The maximum atomic E-state index is 12.2. The van der Waals surface area contributed by atoms with Crippen LogP contribution >= 0.6 is 0 Å². The van der Waals surface area contributed by atoms with E-state index < -0.39 is 23.8 Å². The average molecular weight is 384 g/mol. The van der Waals surface area contributed by atoms with Gasteiger partial charge in [-0.25, -0.2) is 9.59 Å². The lowest BCUT2D eigenvalue weighted by atomic mass is 10.1. The molecule has 2 amide bonds. The molecule has 0 atom stereocenters. The second-order valence-electron chi connectivity index (χ2n) is 5.51. The topological polar surface area (TPSA) is 111 Å². The Labute approximate surface area is 161 Å². The van der Waals surface area contributed by atoms with E-state index in [4.69, 9.17) is 9.47 Å². The highest BCUT2D eigenvalue weighted by molar-refractivity contribution is 6.01. The molecule has 2 rings (SSSR count). The Morgan fingerprint density at radius 3 is 1.39 bits per heavy atom. The van der Waals surface area contributed by atoms with Crippen LogP contribution < -0.4 is 10.9 Å². The fourth-order valence-electron chi connectivity index (χ4n) is 2.26. The van der Waals surface area contributed by atoms with Crippen molar-refractivity contribution in [3.8, 4) is 0 Å². The van der Waals surface area contributed by atoms with Gasteiger partial charge in [-0.3, -0.25) is 20.4 Å². The third-order valence-electron chi connectivity index (χ3n) is 3.56. The van der Waals surface area contributed by atoms with E-state index in [0.717, 1.165) is 0 Å². The molecule has 0 radical (unpaired) electrons. The summed E-state index contributed by atoms with van der Waals surface area (Å²) in [6.07, 6.45) is 0. The molecule has 2 aromatic carbocycles. The Kier molecular flexibility index (Phi) is 7.27. The average Bonchev–Trinajstić information content (AvgIpc) is 2.72. The highest BCUT2D eigenvalue weighted by Crippen LogP contribution is 2.08. The van der Waals surface area contributed by atoms with E-state index >= 15 is 0 Å². The number of carbonyl (C=O) groups is 4. The van der Waals surface area contributed by atoms with Gasteiger partial charge >= 0.3 is 11.9 Å². The first-order chi connectivity index (χ1) is 13.5. The number of ether oxygens (including phenoxy) is 2. The van der Waals surface area contributed by atoms with Crippen molar-refractivity contribution in [2.75, 3.05) is 13.2 Å². The van der Waals surface area contributed by atoms with E-state index in [1.165, 1.54) is 48.5 Å². The Morgan fingerprint density at radius 1 is 0.679 bits per heavy atom. The molecule has 0 aromatic heterocycles. The summed E-state index contributed by atoms with van der Waals surface area (Å²) in [6.45, 7) is 3.80. The lowest BCUT2D eigenvalue weighted by Crippen LogP contribution is -2.41. The quantitative estimate of drug-likeness (QED) is 0.583. The Hall–Kier alpha value is -3.68. The molecule has 8 nitrogen and oxygen atoms in total. The number of benzene rings is 2. The van der Waals surface area contributed by atoms with Crippen molar-refractivity contribution in [2.45, 2.75) is 13.8 Å². The number of esters is 2. The number of hydrogen-bond donors (Lipinski definition) is 2. The minimum absolute atomic E-state index is 0.172. The summed E-state index contributed by atoms with van der Waals surface area (Å²) in [5, 5.41) is 0. The first kappa shape index (κ1) is 20.6. The van der Waals surface area contributed by atoms with Crippen LogP contribution in [-0.4, -0.2) is 37.0 Å². The van der Waals surface area contributed by atoms with Crippen LogP contribution in [0.1, 0.15) is 55.3 Å². The van der Waals surface area contributed by atoms with Gasteiger partial charge in [0.2, 0.25) is 0 Å². The van der Waals surface area contributed by atoms with Gasteiger partial charge in [0.1, 0.15) is 0 Å². The highest BCUT2D eigenvalue weighted by atomic mass is 16.5. The number of hydrogen-bond acceptors (Lipinski definition) is 6. The minimum atomic E-state index is -0.610. The molecule has 0 bridgehead atoms. The molecule has 2 aromatic rings. The zero-order chi connectivity index (χ0) is 20.5. The third-order valence-corrected chi connectivity index (χ3v) is 3.56. The molecule has 0 aliphatic heterocycles. The number of carbonyl (C=O) groups excluding carboxylic acids is 4. The van der Waals surface area contributed by atoms with Crippen molar-refractivity contribution in [3.05, 3.63) is 70.8 Å². The van der Waals surface area contributed by atoms with Crippen LogP contribution in [-0.2, 0) is 9.47 Å². The van der Waals surface area contributed by atoms with Gasteiger partial charge in [0.25, 0.3) is 11.8 Å². The lowest BCUT2D eigenvalue weighted by Gasteiger charge is -2.09. The predicted octanol–water partition coefficient (Wildman–Crippen LogP) is 2.11. The van der Waals surface area contributed by atoms with Gasteiger partial charge in [-0.05, 0) is 50.2 Å². The molecule has 0 fully saturated rings. The molecule has 0 aliphatic rings. The molecular formula is C20H20N2O6. The highest BCUT2D eigenvalue weighted by Gasteiger charge is 2.14. The van der Waals surface area contributed by atoms with Crippen LogP contribution in [0.2, 0.25) is 0 Å². The van der Waals surface area contributed by atoms with Crippen molar-refractivity contribution in [1.29, 1.82) is 0 Å². The summed E-state index contributed by atoms with van der Waals surface area (Å²) in [5.41, 5.74) is 5.32. The van der Waals surface area contributed by atoms with Crippen LogP contribution in [0.3, 0.4) is 0 Å². The maximum absolute atomic E-state index is 12.2. The molecule has 8 heteroatoms. The maximum Gasteiger partial charge on any atom is 0.338 e. The van der Waals surface area contributed by atoms with Crippen LogP contribution in [0.25, 0.3) is 0 Å².